The number of hydrazine groups is 2. The van der Waals surface area contributed by atoms with Gasteiger partial charge in [0.05, 0.1) is 61.0 Å². The molecule has 0 saturated carbocycles. The first-order valence-corrected chi connectivity index (χ1v) is 16.9. The molecule has 17 heteroatoms. The van der Waals surface area contributed by atoms with Crippen LogP contribution in [0.4, 0.5) is 4.79 Å². The number of nitrogens with one attached hydrogen (secondary N) is 2. The van der Waals surface area contributed by atoms with E-state index in [0.717, 1.165) is 22.3 Å². The average molecular weight is 717 g/mol. The number of aromatic amines is 1. The summed E-state index contributed by atoms with van der Waals surface area (Å²) in [6, 6.07) is 21.2. The monoisotopic (exact) mass is 716 g/mol. The number of benzene rings is 3. The van der Waals surface area contributed by atoms with Crippen molar-refractivity contribution in [1.29, 1.82) is 0 Å². The fourth-order valence-corrected chi connectivity index (χ4v) is 5.33. The van der Waals surface area contributed by atoms with E-state index in [0.29, 0.717) is 54.1 Å². The number of para-hydroxylation sites is 1. The number of fused-ring (bicyclic) bond motifs is 1. The number of tetrazole rings is 1. The van der Waals surface area contributed by atoms with E-state index in [1.807, 2.05) is 73.9 Å². The van der Waals surface area contributed by atoms with Gasteiger partial charge in [-0.2, -0.15) is 10.2 Å². The molecule has 0 radical (unpaired) electrons. The van der Waals surface area contributed by atoms with Crippen molar-refractivity contribution in [3.05, 3.63) is 82.8 Å². The number of hydrogen-bond donors (Lipinski definition) is 2. The minimum Gasteiger partial charge on any atom is -0.465 e. The second-order valence-electron chi connectivity index (χ2n) is 11.6. The Hall–Kier alpha value is -6.10. The first-order valence-electron chi connectivity index (χ1n) is 16.9. The van der Waals surface area contributed by atoms with Crippen molar-refractivity contribution in [1.82, 2.24) is 40.8 Å². The average Bonchev–Trinajstić information content (AvgIpc) is 3.80. The molecule has 3 aromatic carbocycles. The van der Waals surface area contributed by atoms with E-state index in [4.69, 9.17) is 23.8 Å². The van der Waals surface area contributed by atoms with Gasteiger partial charge in [0.15, 0.2) is 0 Å². The number of carbonyl (C=O) groups excluding carboxylic acids is 2. The van der Waals surface area contributed by atoms with Crippen LogP contribution in [-0.2, 0) is 25.6 Å². The molecule has 0 spiro atoms. The molecule has 2 heterocycles. The highest BCUT2D eigenvalue weighted by Crippen LogP contribution is 2.31. The minimum absolute atomic E-state index is 0.0592. The van der Waals surface area contributed by atoms with Gasteiger partial charge in [0.1, 0.15) is 0 Å². The maximum atomic E-state index is 13.5. The zero-order chi connectivity index (χ0) is 37.0. The third-order valence-electron chi connectivity index (χ3n) is 7.86. The lowest BCUT2D eigenvalue weighted by Gasteiger charge is -2.16. The lowest BCUT2D eigenvalue weighted by molar-refractivity contribution is -0.788. The zero-order valence-corrected chi connectivity index (χ0v) is 29.6. The summed E-state index contributed by atoms with van der Waals surface area (Å²) in [7, 11) is 0. The van der Waals surface area contributed by atoms with E-state index < -0.39 is 18.4 Å². The topological polar surface area (TPSA) is 188 Å². The summed E-state index contributed by atoms with van der Waals surface area (Å²) in [6.07, 6.45) is -2.30. The fraction of sp³-hybridized carbons (Fsp3) is 0.371. The molecule has 0 fully saturated rings. The molecule has 0 aliphatic heterocycles. The smallest absolute Gasteiger partial charge is 0.465 e. The van der Waals surface area contributed by atoms with Crippen LogP contribution in [0.15, 0.2) is 66.7 Å². The molecule has 17 nitrogen and oxygen atoms in total. The van der Waals surface area contributed by atoms with Crippen LogP contribution in [0.2, 0.25) is 0 Å². The van der Waals surface area contributed by atoms with Crippen LogP contribution >= 0.6 is 0 Å². The summed E-state index contributed by atoms with van der Waals surface area (Å²) in [5.74, 6) is -0.508. The fourth-order valence-electron chi connectivity index (χ4n) is 5.33. The molecule has 0 aliphatic carbocycles. The highest BCUT2D eigenvalue weighted by molar-refractivity contribution is 6.02. The molecule has 0 saturated heterocycles. The molecule has 2 atom stereocenters. The quantitative estimate of drug-likeness (QED) is 0.0528. The highest BCUT2D eigenvalue weighted by Gasteiger charge is 2.24. The van der Waals surface area contributed by atoms with Crippen molar-refractivity contribution in [2.75, 3.05) is 32.9 Å². The normalized spacial score (nSPS) is 12.2. The van der Waals surface area contributed by atoms with E-state index in [1.165, 1.54) is 11.9 Å². The summed E-state index contributed by atoms with van der Waals surface area (Å²) < 4.78 is 23.5. The van der Waals surface area contributed by atoms with Crippen LogP contribution in [0.25, 0.3) is 33.5 Å². The van der Waals surface area contributed by atoms with Crippen LogP contribution in [0, 0.1) is 10.8 Å². The molecular weight excluding hydrogens is 674 g/mol. The third kappa shape index (κ3) is 9.16. The number of hydrogen-bond acceptors (Lipinski definition) is 12. The highest BCUT2D eigenvalue weighted by atomic mass is 16.8. The third-order valence-corrected chi connectivity index (χ3v) is 7.86. The van der Waals surface area contributed by atoms with Gasteiger partial charge >= 0.3 is 12.1 Å². The summed E-state index contributed by atoms with van der Waals surface area (Å²) >= 11 is 0. The molecule has 0 bridgehead atoms. The van der Waals surface area contributed by atoms with Crippen LogP contribution < -0.4 is 10.3 Å². The summed E-state index contributed by atoms with van der Waals surface area (Å²) in [5, 5.41) is 15.9. The maximum absolute atomic E-state index is 13.5. The Morgan fingerprint density at radius 2 is 1.69 bits per heavy atom. The number of esters is 1. The van der Waals surface area contributed by atoms with Gasteiger partial charge in [0, 0.05) is 24.0 Å². The van der Waals surface area contributed by atoms with Crippen molar-refractivity contribution in [3.63, 3.8) is 0 Å². The van der Waals surface area contributed by atoms with E-state index in [1.54, 1.807) is 25.1 Å². The number of rotatable bonds is 18. The van der Waals surface area contributed by atoms with E-state index in [9.17, 15) is 14.5 Å². The van der Waals surface area contributed by atoms with Gasteiger partial charge in [-0.05, 0) is 54.8 Å². The predicted molar refractivity (Wildman–Crippen MR) is 187 cm³/mol. The van der Waals surface area contributed by atoms with E-state index >= 15 is 0 Å². The molecule has 274 valence electrons. The molecular formula is C35H42N9O8+. The molecule has 5 rings (SSSR count). The number of H-pyrrole nitrogens is 1. The van der Waals surface area contributed by atoms with Crippen LogP contribution in [0.1, 0.15) is 50.5 Å². The lowest BCUT2D eigenvalue weighted by atomic mass is 9.98. The second-order valence-corrected chi connectivity index (χ2v) is 11.6. The molecule has 2 aromatic heterocycles. The Morgan fingerprint density at radius 1 is 0.942 bits per heavy atom. The number of ether oxygens (including phenoxy) is 4. The van der Waals surface area contributed by atoms with Gasteiger partial charge in [-0.25, -0.2) is 14.4 Å². The standard InChI is InChI=1S/C35H42N9O8/c1-6-42(7-2)44(47)41-50-22-23(4)21-49-35(46)52-24(5)51-33(45)29-14-11-15-30-31(29)43(34(36-30)48-8-3)20-25-16-18-26(19-17-25)27-12-9-10-13-28(27)32-37-39-40-38-32/h9-19,23-24H,6-8,20-22H2,1-5H3,(H,41,47)(H,37,38,39,40)/q+1/t23-,24?/m1/s1. The van der Waals surface area contributed by atoms with Crippen LogP contribution in [0.3, 0.4) is 0 Å². The van der Waals surface area contributed by atoms with Crippen molar-refractivity contribution in [3.8, 4) is 28.5 Å². The summed E-state index contributed by atoms with van der Waals surface area (Å²) in [5.41, 5.74) is 7.19. The van der Waals surface area contributed by atoms with Gasteiger partial charge in [0.2, 0.25) is 12.1 Å². The predicted octanol–water partition coefficient (Wildman–Crippen LogP) is 5.09. The number of imidazole rings is 1. The van der Waals surface area contributed by atoms with Gasteiger partial charge in [-0.3, -0.25) is 4.57 Å². The van der Waals surface area contributed by atoms with Crippen molar-refractivity contribution in [2.45, 2.75) is 47.5 Å². The Kier molecular flexibility index (Phi) is 12.7. The Balaban J connectivity index is 1.23. The molecule has 0 aliphatic rings. The van der Waals surface area contributed by atoms with Crippen LogP contribution in [-0.4, -0.2) is 91.5 Å². The van der Waals surface area contributed by atoms with Crippen LogP contribution in [0.5, 0.6) is 6.01 Å². The van der Waals surface area contributed by atoms with Crippen molar-refractivity contribution in [2.24, 2.45) is 5.92 Å². The molecule has 2 N–H and O–H groups in total. The number of carbonyl (C=O) groups is 2. The maximum Gasteiger partial charge on any atom is 0.511 e. The van der Waals surface area contributed by atoms with Gasteiger partial charge in [-0.1, -0.05) is 61.5 Å². The SMILES string of the molecule is CCOc1nc2cccc(C(=O)OC(C)OC(=O)OC[C@@H](C)CON[N+](=O)N(CC)CC)c2n1Cc1ccc(-c2ccccc2-c2nn[nH]n2)cc1. The lowest BCUT2D eigenvalue weighted by Crippen LogP contribution is -2.42. The molecule has 52 heavy (non-hydrogen) atoms. The van der Waals surface area contributed by atoms with Gasteiger partial charge < -0.3 is 18.9 Å². The first kappa shape index (κ1) is 37.2. The van der Waals surface area contributed by atoms with Crippen molar-refractivity contribution >= 4 is 23.2 Å². The van der Waals surface area contributed by atoms with Crippen molar-refractivity contribution < 1.29 is 38.4 Å². The number of nitroso groups, excluding NO2 is 1. The first-order chi connectivity index (χ1) is 25.2. The molecule has 5 aromatic rings. The number of aromatic nitrogens is 6. The van der Waals surface area contributed by atoms with E-state index in [-0.39, 0.29) is 24.7 Å². The minimum atomic E-state index is -1.27. The van der Waals surface area contributed by atoms with Gasteiger partial charge in [0.25, 0.3) is 11.0 Å². The summed E-state index contributed by atoms with van der Waals surface area (Å²) in [4.78, 5) is 48.1. The number of nitrogens with zero attached hydrogens (tertiary/aromatic N) is 7. The Bertz CT molecular complexity index is 1950. The second kappa shape index (κ2) is 17.7. The Labute approximate surface area is 299 Å². The Morgan fingerprint density at radius 3 is 2.38 bits per heavy atom. The zero-order valence-electron chi connectivity index (χ0n) is 29.6. The summed E-state index contributed by atoms with van der Waals surface area (Å²) in [6.45, 7) is 10.4. The van der Waals surface area contributed by atoms with E-state index in [2.05, 4.69) is 31.2 Å². The molecule has 0 amide bonds. The molecule has 1 unspecified atom stereocenters. The largest absolute Gasteiger partial charge is 0.511 e. The van der Waals surface area contributed by atoms with Gasteiger partial charge in [-0.15, -0.1) is 15.2 Å².